The number of anilines is 2. The Morgan fingerprint density at radius 2 is 1.67 bits per heavy atom. The second-order valence-corrected chi connectivity index (χ2v) is 9.69. The molecular formula is C26H29N3O3S. The van der Waals surface area contributed by atoms with Gasteiger partial charge in [-0.2, -0.15) is 0 Å². The van der Waals surface area contributed by atoms with Crippen LogP contribution in [0.15, 0.2) is 63.5 Å². The van der Waals surface area contributed by atoms with Crippen molar-refractivity contribution < 1.29 is 5.11 Å². The van der Waals surface area contributed by atoms with E-state index in [1.165, 1.54) is 15.6 Å². The summed E-state index contributed by atoms with van der Waals surface area (Å²) in [6.45, 7) is 2.55. The minimum atomic E-state index is -0.465. The molecular weight excluding hydrogens is 434 g/mol. The number of benzene rings is 2. The highest BCUT2D eigenvalue weighted by Gasteiger charge is 2.24. The summed E-state index contributed by atoms with van der Waals surface area (Å²) in [5, 5.41) is 19.4. The molecule has 0 saturated heterocycles. The molecule has 3 aromatic carbocycles. The second kappa shape index (κ2) is 9.77. The fraction of sp³-hybridized carbons (Fsp3) is 0.308. The molecule has 0 fully saturated rings. The molecule has 0 aliphatic carbocycles. The molecule has 3 N–H and O–H groups in total. The van der Waals surface area contributed by atoms with Gasteiger partial charge in [-0.15, -0.1) is 11.3 Å². The Labute approximate surface area is 197 Å². The number of hydrogen-bond donors (Lipinski definition) is 3. The minimum Gasteiger partial charge on any atom is -0.508 e. The molecule has 0 bridgehead atoms. The van der Waals surface area contributed by atoms with Crippen LogP contribution in [0.3, 0.4) is 0 Å². The SMILES string of the molecule is C[C@H](Cc1csc2ccccc12)Nc1c(NC[C@H](Cc2ccc(O)cc2)N(C)C)c(=O)c1=O. The quantitative estimate of drug-likeness (QED) is 0.310. The number of likely N-dealkylation sites (N-methyl/N-ethyl adjacent to an activating group) is 1. The summed E-state index contributed by atoms with van der Waals surface area (Å²) in [6, 6.07) is 15.6. The van der Waals surface area contributed by atoms with Crippen molar-refractivity contribution >= 4 is 32.8 Å². The van der Waals surface area contributed by atoms with Crippen LogP contribution in [0.1, 0.15) is 18.1 Å². The molecule has 0 aliphatic rings. The molecule has 0 unspecified atom stereocenters. The standard InChI is InChI=1S/C26H29N3O3S/c1-16(12-18-15-33-22-7-5-4-6-21(18)22)28-24-23(25(31)26(24)32)27-14-19(29(2)3)13-17-8-10-20(30)11-9-17/h4-11,15-16,19,27-28,30H,12-14H2,1-3H3/t16-,19+/m1/s1. The molecule has 0 saturated carbocycles. The fourth-order valence-electron chi connectivity index (χ4n) is 4.08. The number of fused-ring (bicyclic) bond motifs is 1. The average molecular weight is 464 g/mol. The Hall–Kier alpha value is -3.16. The molecule has 6 nitrogen and oxygen atoms in total. The largest absolute Gasteiger partial charge is 0.508 e. The average Bonchev–Trinajstić information content (AvgIpc) is 3.21. The first kappa shape index (κ1) is 23.0. The third-order valence-electron chi connectivity index (χ3n) is 6.04. The van der Waals surface area contributed by atoms with E-state index >= 15 is 0 Å². The number of aromatic hydroxyl groups is 1. The Kier molecular flexibility index (Phi) is 6.81. The van der Waals surface area contributed by atoms with E-state index in [-0.39, 0.29) is 17.8 Å². The van der Waals surface area contributed by atoms with Crippen molar-refractivity contribution in [1.82, 2.24) is 4.90 Å². The smallest absolute Gasteiger partial charge is 0.253 e. The van der Waals surface area contributed by atoms with Gasteiger partial charge < -0.3 is 20.6 Å². The molecule has 2 atom stereocenters. The van der Waals surface area contributed by atoms with Gasteiger partial charge in [0.2, 0.25) is 0 Å². The summed E-state index contributed by atoms with van der Waals surface area (Å²) in [7, 11) is 3.97. The summed E-state index contributed by atoms with van der Waals surface area (Å²) in [5.74, 6) is 0.238. The van der Waals surface area contributed by atoms with Gasteiger partial charge in [0.1, 0.15) is 17.1 Å². The van der Waals surface area contributed by atoms with E-state index in [1.54, 1.807) is 23.5 Å². The zero-order chi connectivity index (χ0) is 23.5. The van der Waals surface area contributed by atoms with Gasteiger partial charge >= 0.3 is 0 Å². The van der Waals surface area contributed by atoms with Gasteiger partial charge in [-0.25, -0.2) is 0 Å². The van der Waals surface area contributed by atoms with E-state index in [9.17, 15) is 14.7 Å². The maximum absolute atomic E-state index is 12.3. The lowest BCUT2D eigenvalue weighted by Gasteiger charge is -2.26. The van der Waals surface area contributed by atoms with Crippen LogP contribution in [0.25, 0.3) is 10.1 Å². The number of rotatable bonds is 10. The van der Waals surface area contributed by atoms with Crippen molar-refractivity contribution in [1.29, 1.82) is 0 Å². The van der Waals surface area contributed by atoms with Gasteiger partial charge in [0.25, 0.3) is 10.9 Å². The lowest BCUT2D eigenvalue weighted by atomic mass is 10.0. The van der Waals surface area contributed by atoms with Gasteiger partial charge in [-0.05, 0) is 74.0 Å². The third kappa shape index (κ3) is 5.10. The Balaban J connectivity index is 1.41. The molecule has 1 aromatic heterocycles. The molecule has 4 aromatic rings. The van der Waals surface area contributed by atoms with Gasteiger partial charge in [0.15, 0.2) is 0 Å². The monoisotopic (exact) mass is 463 g/mol. The van der Waals surface area contributed by atoms with Crippen LogP contribution < -0.4 is 21.5 Å². The number of phenolic OH excluding ortho intramolecular Hbond substituents is 1. The molecule has 0 radical (unpaired) electrons. The number of thiophene rings is 1. The fourth-order valence-corrected chi connectivity index (χ4v) is 5.05. The minimum absolute atomic E-state index is 0.00787. The van der Waals surface area contributed by atoms with Crippen LogP contribution >= 0.6 is 11.3 Å². The van der Waals surface area contributed by atoms with Crippen molar-refractivity contribution in [2.75, 3.05) is 31.3 Å². The molecule has 0 aliphatic heterocycles. The predicted molar refractivity (Wildman–Crippen MR) is 138 cm³/mol. The van der Waals surface area contributed by atoms with Crippen LogP contribution in [0.4, 0.5) is 11.4 Å². The van der Waals surface area contributed by atoms with E-state index in [4.69, 9.17) is 0 Å². The maximum Gasteiger partial charge on any atom is 0.253 e. The first-order valence-electron chi connectivity index (χ1n) is 11.1. The summed E-state index contributed by atoms with van der Waals surface area (Å²) in [6.07, 6.45) is 1.52. The van der Waals surface area contributed by atoms with Crippen LogP contribution in [-0.2, 0) is 12.8 Å². The Bertz CT molecular complexity index is 1300. The highest BCUT2D eigenvalue weighted by molar-refractivity contribution is 7.17. The number of hydrogen-bond acceptors (Lipinski definition) is 7. The van der Waals surface area contributed by atoms with Crippen molar-refractivity contribution in [3.63, 3.8) is 0 Å². The van der Waals surface area contributed by atoms with Gasteiger partial charge in [0.05, 0.1) is 0 Å². The van der Waals surface area contributed by atoms with Crippen molar-refractivity contribution in [2.45, 2.75) is 31.8 Å². The number of nitrogens with zero attached hydrogens (tertiary/aromatic N) is 1. The molecule has 7 heteroatoms. The Morgan fingerprint density at radius 3 is 2.39 bits per heavy atom. The number of phenols is 1. The first-order valence-corrected chi connectivity index (χ1v) is 11.9. The molecule has 33 heavy (non-hydrogen) atoms. The van der Waals surface area contributed by atoms with Crippen LogP contribution in [-0.4, -0.2) is 42.7 Å². The van der Waals surface area contributed by atoms with Crippen molar-refractivity contribution in [3.8, 4) is 5.75 Å². The third-order valence-corrected chi connectivity index (χ3v) is 7.05. The number of nitrogens with one attached hydrogen (secondary N) is 2. The lowest BCUT2D eigenvalue weighted by Crippen LogP contribution is -2.43. The summed E-state index contributed by atoms with van der Waals surface area (Å²) in [4.78, 5) is 26.6. The topological polar surface area (TPSA) is 81.7 Å². The Morgan fingerprint density at radius 1 is 0.970 bits per heavy atom. The molecule has 0 amide bonds. The van der Waals surface area contributed by atoms with E-state index in [2.05, 4.69) is 33.0 Å². The zero-order valence-corrected chi connectivity index (χ0v) is 19.9. The van der Waals surface area contributed by atoms with Crippen LogP contribution in [0.5, 0.6) is 5.75 Å². The molecule has 1 heterocycles. The van der Waals surface area contributed by atoms with E-state index in [0.29, 0.717) is 17.9 Å². The predicted octanol–water partition coefficient (Wildman–Crippen LogP) is 3.83. The van der Waals surface area contributed by atoms with Crippen LogP contribution in [0, 0.1) is 0 Å². The zero-order valence-electron chi connectivity index (χ0n) is 19.1. The van der Waals surface area contributed by atoms with Gasteiger partial charge in [-0.1, -0.05) is 30.3 Å². The lowest BCUT2D eigenvalue weighted by molar-refractivity contribution is 0.303. The summed E-state index contributed by atoms with van der Waals surface area (Å²) in [5.41, 5.74) is 2.17. The first-order chi connectivity index (χ1) is 15.8. The highest BCUT2D eigenvalue weighted by Crippen LogP contribution is 2.27. The molecule has 0 spiro atoms. The molecule has 172 valence electrons. The van der Waals surface area contributed by atoms with Crippen LogP contribution in [0.2, 0.25) is 0 Å². The van der Waals surface area contributed by atoms with E-state index < -0.39 is 10.9 Å². The van der Waals surface area contributed by atoms with Gasteiger partial charge in [0, 0.05) is 23.3 Å². The van der Waals surface area contributed by atoms with E-state index in [0.717, 1.165) is 18.4 Å². The second-order valence-electron chi connectivity index (χ2n) is 8.78. The summed E-state index contributed by atoms with van der Waals surface area (Å²) >= 11 is 1.72. The van der Waals surface area contributed by atoms with Crippen molar-refractivity contribution in [3.05, 3.63) is 85.5 Å². The maximum atomic E-state index is 12.3. The van der Waals surface area contributed by atoms with E-state index in [1.807, 2.05) is 45.3 Å². The molecule has 4 rings (SSSR count). The van der Waals surface area contributed by atoms with Gasteiger partial charge in [-0.3, -0.25) is 9.59 Å². The normalized spacial score (nSPS) is 13.5. The highest BCUT2D eigenvalue weighted by atomic mass is 32.1. The summed E-state index contributed by atoms with van der Waals surface area (Å²) < 4.78 is 1.25. The van der Waals surface area contributed by atoms with Crippen molar-refractivity contribution in [2.24, 2.45) is 0 Å².